The maximum absolute atomic E-state index is 13.0. The molecule has 1 aliphatic rings. The number of nitrogens with zero attached hydrogens (tertiary/aromatic N) is 2. The normalized spacial score (nSPS) is 14.6. The zero-order valence-corrected chi connectivity index (χ0v) is 20.0. The summed E-state index contributed by atoms with van der Waals surface area (Å²) < 4.78 is 0. The van der Waals surface area contributed by atoms with Gasteiger partial charge in [-0.2, -0.15) is 0 Å². The molecule has 1 fully saturated rings. The second kappa shape index (κ2) is 12.2. The second-order valence-corrected chi connectivity index (χ2v) is 8.19. The Morgan fingerprint density at radius 3 is 2.71 bits per heavy atom. The first kappa shape index (κ1) is 25.3. The highest BCUT2D eigenvalue weighted by atomic mass is 16.1. The Kier molecular flexibility index (Phi) is 8.83. The molecule has 1 amide bonds. The third-order valence-corrected chi connectivity index (χ3v) is 5.51. The van der Waals surface area contributed by atoms with Crippen molar-refractivity contribution >= 4 is 40.8 Å². The zero-order chi connectivity index (χ0) is 25.2. The van der Waals surface area contributed by atoms with Crippen molar-refractivity contribution in [2.75, 3.05) is 7.05 Å². The molecule has 1 aromatic carbocycles. The Morgan fingerprint density at radius 1 is 1.26 bits per heavy atom. The van der Waals surface area contributed by atoms with Crippen LogP contribution in [0.1, 0.15) is 31.7 Å². The molecule has 5 N–H and O–H groups in total. The summed E-state index contributed by atoms with van der Waals surface area (Å²) in [6.45, 7) is 1.72. The number of allylic oxidation sites excluding steroid dienone is 4. The van der Waals surface area contributed by atoms with Gasteiger partial charge in [0.2, 0.25) is 0 Å². The van der Waals surface area contributed by atoms with E-state index in [0.29, 0.717) is 29.1 Å². The van der Waals surface area contributed by atoms with Crippen LogP contribution in [0.2, 0.25) is 0 Å². The molecule has 8 heteroatoms. The van der Waals surface area contributed by atoms with Gasteiger partial charge in [0.25, 0.3) is 5.91 Å². The molecule has 35 heavy (non-hydrogen) atoms. The molecule has 0 spiro atoms. The predicted octanol–water partition coefficient (Wildman–Crippen LogP) is 4.39. The highest BCUT2D eigenvalue weighted by Crippen LogP contribution is 2.26. The monoisotopic (exact) mass is 469 g/mol. The second-order valence-electron chi connectivity index (χ2n) is 8.19. The van der Waals surface area contributed by atoms with Crippen LogP contribution in [0.5, 0.6) is 0 Å². The van der Waals surface area contributed by atoms with Crippen molar-refractivity contribution in [2.45, 2.75) is 32.2 Å². The average Bonchev–Trinajstić information content (AvgIpc) is 3.70. The molecular weight excluding hydrogens is 438 g/mol. The minimum Gasteiger partial charge on any atom is -0.394 e. The predicted molar refractivity (Wildman–Crippen MR) is 143 cm³/mol. The molecule has 1 saturated carbocycles. The Bertz CT molecular complexity index is 1240. The van der Waals surface area contributed by atoms with E-state index in [2.05, 4.69) is 15.6 Å². The fourth-order valence-corrected chi connectivity index (χ4v) is 3.48. The first-order valence-electron chi connectivity index (χ1n) is 11.4. The van der Waals surface area contributed by atoms with Crippen molar-refractivity contribution in [1.29, 1.82) is 16.2 Å². The lowest BCUT2D eigenvalue weighted by atomic mass is 10.0. The van der Waals surface area contributed by atoms with Crippen LogP contribution in [0.15, 0.2) is 78.3 Å². The summed E-state index contributed by atoms with van der Waals surface area (Å²) in [5.41, 5.74) is 3.40. The highest BCUT2D eigenvalue weighted by Gasteiger charge is 2.29. The lowest BCUT2D eigenvalue weighted by molar-refractivity contribution is -0.116. The van der Waals surface area contributed by atoms with Gasteiger partial charge in [0.05, 0.1) is 11.9 Å². The average molecular weight is 470 g/mol. The fraction of sp³-hybridized carbons (Fsp3) is 0.222. The standard InChI is InChI=1S/C27H31N7O/c1-19(15-20(11-13-28)22-16-21-5-3-4-6-25(21)32-17-22)27(35)33-23(12-14-31-2)7-10-26(30)34(18-29)24-8-9-24/h3-7,11-18,24,28-31H,8-10H2,1-2H3,(H,33,35)/b14-12-,19-15+,20-11+,23-7+,28-13?,29-18?,30-26?. The molecule has 0 bridgehead atoms. The van der Waals surface area contributed by atoms with Gasteiger partial charge in [-0.15, -0.1) is 0 Å². The highest BCUT2D eigenvalue weighted by molar-refractivity contribution is 5.99. The van der Waals surface area contributed by atoms with Crippen LogP contribution in [0.3, 0.4) is 0 Å². The molecule has 8 nitrogen and oxygen atoms in total. The first-order chi connectivity index (χ1) is 17.0. The van der Waals surface area contributed by atoms with Gasteiger partial charge in [0.15, 0.2) is 0 Å². The summed E-state index contributed by atoms with van der Waals surface area (Å²) in [6.07, 6.45) is 15.0. The van der Waals surface area contributed by atoms with E-state index in [0.717, 1.165) is 29.3 Å². The number of hydrogen-bond donors (Lipinski definition) is 5. The van der Waals surface area contributed by atoms with E-state index < -0.39 is 0 Å². The molecule has 0 saturated heterocycles. The number of hydrogen-bond acceptors (Lipinski definition) is 6. The number of fused-ring (bicyclic) bond motifs is 1. The molecule has 3 rings (SSSR count). The Hall–Kier alpha value is -4.33. The van der Waals surface area contributed by atoms with Gasteiger partial charge >= 0.3 is 0 Å². The van der Waals surface area contributed by atoms with Crippen molar-refractivity contribution in [3.63, 3.8) is 0 Å². The third-order valence-electron chi connectivity index (χ3n) is 5.51. The number of rotatable bonds is 11. The molecule has 1 heterocycles. The summed E-state index contributed by atoms with van der Waals surface area (Å²) in [4.78, 5) is 19.1. The first-order valence-corrected chi connectivity index (χ1v) is 11.4. The van der Waals surface area contributed by atoms with Crippen molar-refractivity contribution in [3.8, 4) is 0 Å². The van der Waals surface area contributed by atoms with E-state index in [9.17, 15) is 4.79 Å². The smallest absolute Gasteiger partial charge is 0.251 e. The number of carbonyl (C=O) groups excluding carboxylic acids is 1. The van der Waals surface area contributed by atoms with Gasteiger partial charge in [-0.3, -0.25) is 20.6 Å². The van der Waals surface area contributed by atoms with Gasteiger partial charge in [0, 0.05) is 54.1 Å². The van der Waals surface area contributed by atoms with Gasteiger partial charge in [-0.1, -0.05) is 24.3 Å². The molecular formula is C27H31N7O. The van der Waals surface area contributed by atoms with E-state index >= 15 is 0 Å². The van der Waals surface area contributed by atoms with E-state index in [1.165, 1.54) is 12.6 Å². The van der Waals surface area contributed by atoms with Crippen LogP contribution < -0.4 is 10.6 Å². The number of amidine groups is 1. The number of amides is 1. The topological polar surface area (TPSA) is 129 Å². The fourth-order valence-electron chi connectivity index (χ4n) is 3.48. The van der Waals surface area contributed by atoms with Crippen molar-refractivity contribution in [3.05, 3.63) is 83.9 Å². The lowest BCUT2D eigenvalue weighted by Crippen LogP contribution is -2.30. The minimum absolute atomic E-state index is 0.244. The number of nitrogens with one attached hydrogen (secondary N) is 5. The molecule has 0 aliphatic heterocycles. The Balaban J connectivity index is 1.78. The van der Waals surface area contributed by atoms with E-state index in [-0.39, 0.29) is 11.9 Å². The minimum atomic E-state index is -0.292. The number of para-hydroxylation sites is 1. The molecule has 0 atom stereocenters. The van der Waals surface area contributed by atoms with E-state index in [1.54, 1.807) is 55.6 Å². The summed E-state index contributed by atoms with van der Waals surface area (Å²) >= 11 is 0. The third kappa shape index (κ3) is 7.07. The summed E-state index contributed by atoms with van der Waals surface area (Å²) in [5.74, 6) is 0.0265. The molecule has 2 aromatic rings. The maximum atomic E-state index is 13.0. The Morgan fingerprint density at radius 2 is 2.03 bits per heavy atom. The largest absolute Gasteiger partial charge is 0.394 e. The van der Waals surface area contributed by atoms with Crippen LogP contribution in [-0.2, 0) is 4.79 Å². The van der Waals surface area contributed by atoms with E-state index in [4.69, 9.17) is 16.2 Å². The molecule has 0 radical (unpaired) electrons. The molecule has 1 aromatic heterocycles. The van der Waals surface area contributed by atoms with Crippen LogP contribution in [0.25, 0.3) is 16.5 Å². The van der Waals surface area contributed by atoms with Crippen LogP contribution >= 0.6 is 0 Å². The number of benzene rings is 1. The van der Waals surface area contributed by atoms with Gasteiger partial charge in [-0.25, -0.2) is 0 Å². The van der Waals surface area contributed by atoms with Crippen LogP contribution in [0, 0.1) is 16.2 Å². The summed E-state index contributed by atoms with van der Waals surface area (Å²) in [6, 6.07) is 10.0. The molecule has 1 aliphatic carbocycles. The lowest BCUT2D eigenvalue weighted by Gasteiger charge is -2.18. The van der Waals surface area contributed by atoms with Gasteiger partial charge in [0.1, 0.15) is 5.84 Å². The Labute approximate surface area is 205 Å². The molecule has 0 unspecified atom stereocenters. The maximum Gasteiger partial charge on any atom is 0.251 e. The van der Waals surface area contributed by atoms with E-state index in [1.807, 2.05) is 30.3 Å². The van der Waals surface area contributed by atoms with Gasteiger partial charge in [-0.05, 0) is 61.9 Å². The van der Waals surface area contributed by atoms with Crippen molar-refractivity contribution < 1.29 is 4.79 Å². The number of pyridine rings is 1. The summed E-state index contributed by atoms with van der Waals surface area (Å²) in [5, 5.41) is 30.2. The zero-order valence-electron chi connectivity index (χ0n) is 20.0. The number of carbonyl (C=O) groups is 1. The molecule has 180 valence electrons. The quantitative estimate of drug-likeness (QED) is 0.145. The van der Waals surface area contributed by atoms with Crippen LogP contribution in [-0.4, -0.2) is 47.3 Å². The van der Waals surface area contributed by atoms with Crippen LogP contribution in [0.4, 0.5) is 0 Å². The SMILES string of the molecule is CN/C=C\C(=C/CC(=N)N(C=N)C1CC1)NC(=O)/C(C)=C/C(=C\C=N)c1cnc2ccccc2c1. The summed E-state index contributed by atoms with van der Waals surface area (Å²) in [7, 11) is 1.76. The van der Waals surface area contributed by atoms with Crippen molar-refractivity contribution in [2.24, 2.45) is 0 Å². The van der Waals surface area contributed by atoms with Gasteiger partial charge < -0.3 is 20.9 Å². The van der Waals surface area contributed by atoms with Crippen molar-refractivity contribution in [1.82, 2.24) is 20.5 Å². The number of aromatic nitrogens is 1.